The molecule has 3 heterocycles. The zero-order chi connectivity index (χ0) is 20.3. The number of hydrogen-bond acceptors (Lipinski definition) is 5. The van der Waals surface area contributed by atoms with Crippen LogP contribution in [0.5, 0.6) is 0 Å². The predicted molar refractivity (Wildman–Crippen MR) is 124 cm³/mol. The number of aryl methyl sites for hydroxylation is 1. The van der Waals surface area contributed by atoms with E-state index in [4.69, 9.17) is 9.98 Å². The van der Waals surface area contributed by atoms with Crippen molar-refractivity contribution in [2.75, 3.05) is 52.4 Å². The molecule has 29 heavy (non-hydrogen) atoms. The van der Waals surface area contributed by atoms with Crippen molar-refractivity contribution in [3.8, 4) is 0 Å². The van der Waals surface area contributed by atoms with Crippen LogP contribution in [-0.2, 0) is 13.0 Å². The van der Waals surface area contributed by atoms with Crippen LogP contribution in [0.3, 0.4) is 0 Å². The molecule has 6 nitrogen and oxygen atoms in total. The smallest absolute Gasteiger partial charge is 0.191 e. The summed E-state index contributed by atoms with van der Waals surface area (Å²) in [5, 5.41) is 10.4. The summed E-state index contributed by atoms with van der Waals surface area (Å²) in [4.78, 5) is 14.7. The molecule has 0 saturated carbocycles. The molecule has 0 spiro atoms. The summed E-state index contributed by atoms with van der Waals surface area (Å²) in [6, 6.07) is 0. The maximum atomic E-state index is 4.89. The molecular weight excluding hydrogens is 380 g/mol. The van der Waals surface area contributed by atoms with E-state index in [-0.39, 0.29) is 0 Å². The Hall–Kier alpha value is -1.18. The minimum atomic E-state index is 0.699. The molecule has 3 rings (SSSR count). The first-order valence-corrected chi connectivity index (χ1v) is 12.5. The van der Waals surface area contributed by atoms with E-state index < -0.39 is 0 Å². The Morgan fingerprint density at radius 3 is 2.59 bits per heavy atom. The van der Waals surface area contributed by atoms with E-state index >= 15 is 0 Å². The molecule has 0 amide bonds. The summed E-state index contributed by atoms with van der Waals surface area (Å²) < 4.78 is 0. The number of nitrogens with zero attached hydrogens (tertiary/aromatic N) is 4. The lowest BCUT2D eigenvalue weighted by atomic mass is 9.97. The van der Waals surface area contributed by atoms with Crippen LogP contribution in [0.1, 0.15) is 56.7 Å². The highest BCUT2D eigenvalue weighted by atomic mass is 32.1. The number of likely N-dealkylation sites (tertiary alicyclic amines) is 2. The third-order valence-electron chi connectivity index (χ3n) is 6.02. The zero-order valence-corrected chi connectivity index (χ0v) is 19.3. The van der Waals surface area contributed by atoms with Crippen molar-refractivity contribution in [3.63, 3.8) is 0 Å². The second-order valence-electron chi connectivity index (χ2n) is 8.35. The maximum absolute atomic E-state index is 4.89. The van der Waals surface area contributed by atoms with Gasteiger partial charge < -0.3 is 15.5 Å². The molecule has 0 aromatic carbocycles. The first kappa shape index (κ1) is 22.5. The lowest BCUT2D eigenvalue weighted by Gasteiger charge is -2.31. The molecule has 0 unspecified atom stereocenters. The second kappa shape index (κ2) is 12.5. The van der Waals surface area contributed by atoms with Crippen LogP contribution < -0.4 is 10.6 Å². The van der Waals surface area contributed by atoms with Gasteiger partial charge in [0.2, 0.25) is 0 Å². The van der Waals surface area contributed by atoms with Crippen LogP contribution in [-0.4, -0.2) is 73.1 Å². The molecular formula is C22H40N6S. The summed E-state index contributed by atoms with van der Waals surface area (Å²) >= 11 is 1.80. The van der Waals surface area contributed by atoms with Gasteiger partial charge in [-0.15, -0.1) is 11.3 Å². The van der Waals surface area contributed by atoms with Crippen molar-refractivity contribution in [2.45, 2.75) is 58.9 Å². The number of nitrogens with one attached hydrogen (secondary N) is 2. The Morgan fingerprint density at radius 1 is 1.10 bits per heavy atom. The molecule has 2 aliphatic rings. The van der Waals surface area contributed by atoms with Gasteiger partial charge in [0, 0.05) is 38.1 Å². The number of rotatable bonds is 9. The van der Waals surface area contributed by atoms with Crippen LogP contribution in [0.2, 0.25) is 0 Å². The maximum Gasteiger partial charge on any atom is 0.191 e. The molecule has 0 bridgehead atoms. The van der Waals surface area contributed by atoms with Gasteiger partial charge in [-0.3, -0.25) is 9.89 Å². The Morgan fingerprint density at radius 2 is 1.90 bits per heavy atom. The summed E-state index contributed by atoms with van der Waals surface area (Å²) in [5.74, 6) is 1.69. The third kappa shape index (κ3) is 7.87. The van der Waals surface area contributed by atoms with Crippen molar-refractivity contribution < 1.29 is 0 Å². The van der Waals surface area contributed by atoms with E-state index in [0.717, 1.165) is 58.2 Å². The van der Waals surface area contributed by atoms with E-state index in [9.17, 15) is 0 Å². The van der Waals surface area contributed by atoms with E-state index in [1.807, 2.05) is 0 Å². The lowest BCUT2D eigenvalue weighted by molar-refractivity contribution is 0.179. The molecule has 0 atom stereocenters. The van der Waals surface area contributed by atoms with Gasteiger partial charge in [0.05, 0.1) is 10.7 Å². The first-order valence-electron chi connectivity index (χ1n) is 11.7. The van der Waals surface area contributed by atoms with Gasteiger partial charge in [0.25, 0.3) is 0 Å². The monoisotopic (exact) mass is 420 g/mol. The minimum absolute atomic E-state index is 0.699. The fourth-order valence-corrected chi connectivity index (χ4v) is 4.95. The quantitative estimate of drug-likeness (QED) is 0.475. The number of piperidine rings is 2. The van der Waals surface area contributed by atoms with Crippen LogP contribution in [0.25, 0.3) is 0 Å². The molecule has 1 aromatic rings. The number of thiazole rings is 1. The van der Waals surface area contributed by atoms with Crippen molar-refractivity contribution >= 4 is 17.3 Å². The lowest BCUT2D eigenvalue weighted by Crippen LogP contribution is -2.43. The molecule has 2 fully saturated rings. The fraction of sp³-hybridized carbons (Fsp3) is 0.818. The van der Waals surface area contributed by atoms with E-state index in [1.54, 1.807) is 11.3 Å². The highest BCUT2D eigenvalue weighted by molar-refractivity contribution is 7.09. The molecule has 2 saturated heterocycles. The first-order chi connectivity index (χ1) is 14.3. The van der Waals surface area contributed by atoms with Crippen molar-refractivity contribution in [3.05, 3.63) is 16.1 Å². The Kier molecular flexibility index (Phi) is 9.70. The summed E-state index contributed by atoms with van der Waals surface area (Å²) in [6.45, 7) is 14.1. The Balaban J connectivity index is 1.35. The molecule has 1 aromatic heterocycles. The Bertz CT molecular complexity index is 602. The van der Waals surface area contributed by atoms with Gasteiger partial charge in [-0.25, -0.2) is 4.98 Å². The highest BCUT2D eigenvalue weighted by Gasteiger charge is 2.20. The average Bonchev–Trinajstić information content (AvgIpc) is 3.21. The standard InChI is InChI=1S/C22H40N6S/c1-3-21-26-20(18-29-21)17-28-13-8-19(9-14-28)16-25-22(23-4-2)24-10-15-27-11-6-5-7-12-27/h18-19H,3-17H2,1-2H3,(H2,23,24,25). The van der Waals surface area contributed by atoms with Gasteiger partial charge in [0.15, 0.2) is 5.96 Å². The van der Waals surface area contributed by atoms with Crippen LogP contribution in [0, 0.1) is 5.92 Å². The second-order valence-corrected chi connectivity index (χ2v) is 9.30. The van der Waals surface area contributed by atoms with E-state index in [2.05, 4.69) is 39.7 Å². The zero-order valence-electron chi connectivity index (χ0n) is 18.5. The number of aliphatic imine (C=N–C) groups is 1. The van der Waals surface area contributed by atoms with E-state index in [1.165, 1.54) is 55.9 Å². The molecule has 164 valence electrons. The summed E-state index contributed by atoms with van der Waals surface area (Å²) in [5.41, 5.74) is 1.25. The van der Waals surface area contributed by atoms with Crippen LogP contribution in [0.4, 0.5) is 0 Å². The van der Waals surface area contributed by atoms with Crippen molar-refractivity contribution in [1.29, 1.82) is 0 Å². The normalized spacial score (nSPS) is 20.1. The molecule has 0 radical (unpaired) electrons. The van der Waals surface area contributed by atoms with Gasteiger partial charge in [-0.2, -0.15) is 0 Å². The minimum Gasteiger partial charge on any atom is -0.357 e. The largest absolute Gasteiger partial charge is 0.357 e. The van der Waals surface area contributed by atoms with Gasteiger partial charge >= 0.3 is 0 Å². The van der Waals surface area contributed by atoms with Gasteiger partial charge in [-0.1, -0.05) is 13.3 Å². The number of aromatic nitrogens is 1. The van der Waals surface area contributed by atoms with Crippen molar-refractivity contribution in [2.24, 2.45) is 10.9 Å². The SMILES string of the molecule is CCNC(=NCC1CCN(Cc2csc(CC)n2)CC1)NCCN1CCCCC1. The predicted octanol–water partition coefficient (Wildman–Crippen LogP) is 2.96. The fourth-order valence-electron chi connectivity index (χ4n) is 4.22. The topological polar surface area (TPSA) is 55.8 Å². The summed E-state index contributed by atoms with van der Waals surface area (Å²) in [7, 11) is 0. The van der Waals surface area contributed by atoms with E-state index in [0.29, 0.717) is 5.92 Å². The third-order valence-corrected chi connectivity index (χ3v) is 7.06. The average molecular weight is 421 g/mol. The van der Waals surface area contributed by atoms with Gasteiger partial charge in [-0.05, 0) is 71.1 Å². The molecule has 0 aliphatic carbocycles. The Labute approximate surface area is 181 Å². The highest BCUT2D eigenvalue weighted by Crippen LogP contribution is 2.20. The molecule has 2 aliphatic heterocycles. The number of hydrogen-bond donors (Lipinski definition) is 2. The number of guanidine groups is 1. The van der Waals surface area contributed by atoms with Crippen LogP contribution in [0.15, 0.2) is 10.4 Å². The molecule has 7 heteroatoms. The van der Waals surface area contributed by atoms with Gasteiger partial charge in [0.1, 0.15) is 0 Å². The van der Waals surface area contributed by atoms with Crippen molar-refractivity contribution in [1.82, 2.24) is 25.4 Å². The molecule has 2 N–H and O–H groups in total. The van der Waals surface area contributed by atoms with Crippen LogP contribution >= 0.6 is 11.3 Å². The summed E-state index contributed by atoms with van der Waals surface area (Å²) in [6.07, 6.45) is 7.63.